The molecule has 1 aromatic carbocycles. The fourth-order valence-electron chi connectivity index (χ4n) is 4.72. The molecule has 0 aliphatic carbocycles. The number of imidazole rings is 1. The van der Waals surface area contributed by atoms with Crippen molar-refractivity contribution in [3.05, 3.63) is 52.8 Å². The number of fused-ring (bicyclic) bond motifs is 1. The van der Waals surface area contributed by atoms with Crippen LogP contribution in [0.4, 0.5) is 5.82 Å². The summed E-state index contributed by atoms with van der Waals surface area (Å²) < 4.78 is 0. The summed E-state index contributed by atoms with van der Waals surface area (Å²) in [5.41, 5.74) is 8.58. The Bertz CT molecular complexity index is 1350. The molecule has 170 valence electrons. The summed E-state index contributed by atoms with van der Waals surface area (Å²) in [6, 6.07) is 7.88. The number of hydrogen-bond donors (Lipinski definition) is 2. The van der Waals surface area contributed by atoms with Crippen molar-refractivity contribution < 1.29 is 5.11 Å². The first-order valence-electron chi connectivity index (χ1n) is 11.4. The van der Waals surface area contributed by atoms with Crippen LogP contribution in [0.5, 0.6) is 5.75 Å². The Hall–Kier alpha value is -3.45. The molecule has 7 heteroatoms. The van der Waals surface area contributed by atoms with Crippen LogP contribution in [0.15, 0.2) is 30.5 Å². The number of piperazine rings is 1. The summed E-state index contributed by atoms with van der Waals surface area (Å²) in [7, 11) is 2.16. The minimum absolute atomic E-state index is 0.294. The smallest absolute Gasteiger partial charge is 0.178 e. The number of rotatable bonds is 3. The van der Waals surface area contributed by atoms with Crippen molar-refractivity contribution in [3.8, 4) is 28.3 Å². The molecule has 1 aliphatic rings. The predicted octanol–water partition coefficient (Wildman–Crippen LogP) is 4.38. The Balaban J connectivity index is 1.53. The van der Waals surface area contributed by atoms with Crippen molar-refractivity contribution >= 4 is 17.0 Å². The lowest BCUT2D eigenvalue weighted by Gasteiger charge is -2.33. The standard InChI is InChI=1S/C26H30N6O/c1-15-6-8-21(33)17(3)23(15)20-14-27-26-24(16(20)2)29-25(30-26)19-7-9-22(28-18(19)4)32-12-10-31(5)11-13-32/h6-9,14,33H,10-13H2,1-5H3,(H,27,29,30). The third-order valence-electron chi connectivity index (χ3n) is 6.85. The summed E-state index contributed by atoms with van der Waals surface area (Å²) in [4.78, 5) is 22.5. The molecule has 7 nitrogen and oxygen atoms in total. The van der Waals surface area contributed by atoms with Gasteiger partial charge in [-0.2, -0.15) is 0 Å². The molecule has 0 bridgehead atoms. The van der Waals surface area contributed by atoms with Crippen molar-refractivity contribution in [2.24, 2.45) is 0 Å². The van der Waals surface area contributed by atoms with Gasteiger partial charge in [0.15, 0.2) is 5.65 Å². The van der Waals surface area contributed by atoms with Crippen LogP contribution in [0, 0.1) is 27.7 Å². The normalized spacial score (nSPS) is 14.9. The van der Waals surface area contributed by atoms with Crippen LogP contribution in [-0.2, 0) is 0 Å². The van der Waals surface area contributed by atoms with E-state index in [2.05, 4.69) is 52.8 Å². The highest BCUT2D eigenvalue weighted by molar-refractivity contribution is 5.87. The lowest BCUT2D eigenvalue weighted by molar-refractivity contribution is 0.312. The SMILES string of the molecule is Cc1ccc(O)c(C)c1-c1cnc2nc(-c3ccc(N4CCN(C)CC4)nc3C)[nH]c2c1C. The molecule has 1 saturated heterocycles. The lowest BCUT2D eigenvalue weighted by Crippen LogP contribution is -2.44. The lowest BCUT2D eigenvalue weighted by atomic mass is 9.93. The van der Waals surface area contributed by atoms with Gasteiger partial charge in [0.25, 0.3) is 0 Å². The Labute approximate surface area is 194 Å². The number of H-pyrrole nitrogens is 1. The van der Waals surface area contributed by atoms with E-state index in [1.807, 2.05) is 26.1 Å². The van der Waals surface area contributed by atoms with Gasteiger partial charge < -0.3 is 19.9 Å². The highest BCUT2D eigenvalue weighted by atomic mass is 16.3. The number of aryl methyl sites for hydroxylation is 3. The van der Waals surface area contributed by atoms with Crippen LogP contribution >= 0.6 is 0 Å². The fraction of sp³-hybridized carbons (Fsp3) is 0.346. The van der Waals surface area contributed by atoms with E-state index in [4.69, 9.17) is 9.97 Å². The Morgan fingerprint density at radius 3 is 2.36 bits per heavy atom. The Kier molecular flexibility index (Phi) is 5.29. The highest BCUT2D eigenvalue weighted by Crippen LogP contribution is 2.36. The summed E-state index contributed by atoms with van der Waals surface area (Å²) >= 11 is 0. The molecule has 5 rings (SSSR count). The van der Waals surface area contributed by atoms with E-state index in [0.29, 0.717) is 11.4 Å². The molecular weight excluding hydrogens is 412 g/mol. The van der Waals surface area contributed by atoms with Crippen molar-refractivity contribution in [1.82, 2.24) is 24.8 Å². The van der Waals surface area contributed by atoms with Crippen LogP contribution < -0.4 is 4.90 Å². The number of aromatic hydroxyl groups is 1. The number of phenolic OH excluding ortho intramolecular Hbond substituents is 1. The molecule has 0 radical (unpaired) electrons. The molecule has 1 aliphatic heterocycles. The molecule has 4 aromatic rings. The van der Waals surface area contributed by atoms with E-state index in [9.17, 15) is 5.11 Å². The van der Waals surface area contributed by atoms with Crippen molar-refractivity contribution in [3.63, 3.8) is 0 Å². The number of benzene rings is 1. The van der Waals surface area contributed by atoms with Crippen LogP contribution in [-0.4, -0.2) is 63.2 Å². The van der Waals surface area contributed by atoms with Crippen molar-refractivity contribution in [1.29, 1.82) is 0 Å². The number of pyridine rings is 2. The first kappa shape index (κ1) is 21.4. The molecule has 0 saturated carbocycles. The van der Waals surface area contributed by atoms with E-state index in [1.54, 1.807) is 6.07 Å². The second-order valence-electron chi connectivity index (χ2n) is 9.08. The monoisotopic (exact) mass is 442 g/mol. The maximum Gasteiger partial charge on any atom is 0.178 e. The summed E-state index contributed by atoms with van der Waals surface area (Å²) in [5.74, 6) is 2.09. The topological polar surface area (TPSA) is 81.2 Å². The van der Waals surface area contributed by atoms with E-state index >= 15 is 0 Å². The zero-order valence-corrected chi connectivity index (χ0v) is 19.9. The number of phenols is 1. The number of hydrogen-bond acceptors (Lipinski definition) is 6. The third kappa shape index (κ3) is 3.72. The second kappa shape index (κ2) is 8.15. The molecule has 4 heterocycles. The quantitative estimate of drug-likeness (QED) is 0.490. The maximum absolute atomic E-state index is 10.2. The maximum atomic E-state index is 10.2. The first-order chi connectivity index (χ1) is 15.8. The molecule has 0 amide bonds. The van der Waals surface area contributed by atoms with Gasteiger partial charge in [0, 0.05) is 43.5 Å². The van der Waals surface area contributed by atoms with Gasteiger partial charge in [0.2, 0.25) is 0 Å². The van der Waals surface area contributed by atoms with Crippen molar-refractivity contribution in [2.45, 2.75) is 27.7 Å². The van der Waals surface area contributed by atoms with Crippen LogP contribution in [0.1, 0.15) is 22.4 Å². The average molecular weight is 443 g/mol. The predicted molar refractivity (Wildman–Crippen MR) is 133 cm³/mol. The molecule has 2 N–H and O–H groups in total. The number of nitrogens with one attached hydrogen (secondary N) is 1. The minimum Gasteiger partial charge on any atom is -0.508 e. The van der Waals surface area contributed by atoms with Gasteiger partial charge in [-0.3, -0.25) is 0 Å². The zero-order valence-electron chi connectivity index (χ0n) is 19.9. The fourth-order valence-corrected chi connectivity index (χ4v) is 4.72. The number of aromatic nitrogens is 4. The molecular formula is C26H30N6O. The summed E-state index contributed by atoms with van der Waals surface area (Å²) in [6.45, 7) is 12.2. The van der Waals surface area contributed by atoms with Gasteiger partial charge in [-0.15, -0.1) is 0 Å². The van der Waals surface area contributed by atoms with Crippen molar-refractivity contribution in [2.75, 3.05) is 38.1 Å². The number of nitrogens with zero attached hydrogens (tertiary/aromatic N) is 5. The van der Waals surface area contributed by atoms with Gasteiger partial charge in [0.05, 0.1) is 11.2 Å². The van der Waals surface area contributed by atoms with E-state index in [0.717, 1.165) is 82.4 Å². The molecule has 3 aromatic heterocycles. The summed E-state index contributed by atoms with van der Waals surface area (Å²) in [6.07, 6.45) is 1.86. The van der Waals surface area contributed by atoms with E-state index in [1.165, 1.54) is 0 Å². The number of anilines is 1. The average Bonchev–Trinajstić information content (AvgIpc) is 3.23. The zero-order chi connectivity index (χ0) is 23.3. The van der Waals surface area contributed by atoms with E-state index in [-0.39, 0.29) is 0 Å². The van der Waals surface area contributed by atoms with Crippen LogP contribution in [0.25, 0.3) is 33.7 Å². The molecule has 0 atom stereocenters. The van der Waals surface area contributed by atoms with Gasteiger partial charge in [-0.05, 0) is 75.2 Å². The first-order valence-corrected chi connectivity index (χ1v) is 11.4. The number of aromatic amines is 1. The minimum atomic E-state index is 0.294. The summed E-state index contributed by atoms with van der Waals surface area (Å²) in [5, 5.41) is 10.2. The second-order valence-corrected chi connectivity index (χ2v) is 9.08. The largest absolute Gasteiger partial charge is 0.508 e. The Morgan fingerprint density at radius 2 is 1.64 bits per heavy atom. The van der Waals surface area contributed by atoms with Gasteiger partial charge >= 0.3 is 0 Å². The van der Waals surface area contributed by atoms with Crippen LogP contribution in [0.3, 0.4) is 0 Å². The van der Waals surface area contributed by atoms with Gasteiger partial charge in [-0.1, -0.05) is 6.07 Å². The highest BCUT2D eigenvalue weighted by Gasteiger charge is 2.19. The Morgan fingerprint density at radius 1 is 0.879 bits per heavy atom. The molecule has 0 spiro atoms. The van der Waals surface area contributed by atoms with Gasteiger partial charge in [0.1, 0.15) is 17.4 Å². The van der Waals surface area contributed by atoms with E-state index < -0.39 is 0 Å². The van der Waals surface area contributed by atoms with Crippen LogP contribution in [0.2, 0.25) is 0 Å². The number of likely N-dealkylation sites (N-methyl/N-ethyl adjacent to an activating group) is 1. The molecule has 33 heavy (non-hydrogen) atoms. The third-order valence-corrected chi connectivity index (χ3v) is 6.85. The van der Waals surface area contributed by atoms with Gasteiger partial charge in [-0.25, -0.2) is 15.0 Å². The molecule has 0 unspecified atom stereocenters. The molecule has 1 fully saturated rings.